The van der Waals surface area contributed by atoms with Crippen LogP contribution in [0.15, 0.2) is 48.5 Å². The summed E-state index contributed by atoms with van der Waals surface area (Å²) in [7, 11) is 0. The van der Waals surface area contributed by atoms with Crippen molar-refractivity contribution in [3.8, 4) is 0 Å². The molecule has 0 saturated heterocycles. The normalized spacial score (nSPS) is 15.1. The van der Waals surface area contributed by atoms with Crippen LogP contribution in [0.25, 0.3) is 0 Å². The minimum absolute atomic E-state index is 1.09. The van der Waals surface area contributed by atoms with Crippen LogP contribution in [-0.4, -0.2) is 5.75 Å². The molecule has 1 aliphatic heterocycles. The molecule has 0 atom stereocenters. The van der Waals surface area contributed by atoms with Gasteiger partial charge in [-0.25, -0.2) is 0 Å². The number of benzene rings is 2. The lowest BCUT2D eigenvalue weighted by molar-refractivity contribution is 1.07. The van der Waals surface area contributed by atoms with Gasteiger partial charge in [-0.1, -0.05) is 48.5 Å². The number of rotatable bonds is 0. The number of hydrogen-bond donors (Lipinski definition) is 0. The summed E-state index contributed by atoms with van der Waals surface area (Å²) in [6, 6.07) is 17.7. The van der Waals surface area contributed by atoms with Crippen molar-refractivity contribution in [2.24, 2.45) is 0 Å². The van der Waals surface area contributed by atoms with Gasteiger partial charge < -0.3 is 0 Å². The number of thioether (sulfide) groups is 1. The molecule has 2 aromatic rings. The molecule has 0 aliphatic carbocycles. The van der Waals surface area contributed by atoms with Crippen molar-refractivity contribution in [1.82, 2.24) is 0 Å². The van der Waals surface area contributed by atoms with Crippen molar-refractivity contribution < 1.29 is 0 Å². The van der Waals surface area contributed by atoms with Gasteiger partial charge in [0.05, 0.1) is 0 Å². The van der Waals surface area contributed by atoms with Crippen molar-refractivity contribution >= 4 is 11.8 Å². The van der Waals surface area contributed by atoms with Gasteiger partial charge in [0.1, 0.15) is 0 Å². The molecular formula is C16H16S. The van der Waals surface area contributed by atoms with Gasteiger partial charge in [-0.2, -0.15) is 11.8 Å². The molecular weight excluding hydrogens is 224 g/mol. The van der Waals surface area contributed by atoms with E-state index in [1.165, 1.54) is 34.4 Å². The van der Waals surface area contributed by atoms with Crippen LogP contribution in [0, 0.1) is 0 Å². The average Bonchev–Trinajstić information content (AvgIpc) is 2.46. The molecule has 1 heteroatoms. The Bertz CT molecular complexity index is 469. The Hall–Kier alpha value is -1.21. The Morgan fingerprint density at radius 3 is 2.06 bits per heavy atom. The van der Waals surface area contributed by atoms with Gasteiger partial charge >= 0.3 is 0 Å². The molecule has 1 heterocycles. The molecule has 0 fully saturated rings. The van der Waals surface area contributed by atoms with Gasteiger partial charge in [0.15, 0.2) is 0 Å². The third-order valence-electron chi connectivity index (χ3n) is 3.39. The van der Waals surface area contributed by atoms with Gasteiger partial charge in [-0.15, -0.1) is 0 Å². The molecule has 0 spiro atoms. The predicted molar refractivity (Wildman–Crippen MR) is 75.6 cm³/mol. The smallest absolute Gasteiger partial charge is 0.0187 e. The fourth-order valence-corrected chi connectivity index (χ4v) is 3.42. The Labute approximate surface area is 107 Å². The molecule has 86 valence electrons. The molecule has 17 heavy (non-hydrogen) atoms. The summed E-state index contributed by atoms with van der Waals surface area (Å²) in [5, 5.41) is 0. The van der Waals surface area contributed by atoms with E-state index in [1.54, 1.807) is 0 Å². The third-order valence-corrected chi connectivity index (χ3v) is 4.40. The van der Waals surface area contributed by atoms with Crippen LogP contribution >= 0.6 is 11.8 Å². The summed E-state index contributed by atoms with van der Waals surface area (Å²) < 4.78 is 0. The van der Waals surface area contributed by atoms with E-state index < -0.39 is 0 Å². The Morgan fingerprint density at radius 2 is 1.29 bits per heavy atom. The largest absolute Gasteiger partial charge is 0.157 e. The summed E-state index contributed by atoms with van der Waals surface area (Å²) in [6.07, 6.45) is 2.29. The van der Waals surface area contributed by atoms with Gasteiger partial charge in [0, 0.05) is 5.75 Å². The molecule has 0 aromatic heterocycles. The standard InChI is InChI=1S/C16H16S/c1-2-6-14-11-15-7-3-4-8-16(15)12-17-10-9-13(14)5-1/h1-8H,9-12H2. The molecule has 3 rings (SSSR count). The maximum absolute atomic E-state index is 2.28. The van der Waals surface area contributed by atoms with Crippen LogP contribution < -0.4 is 0 Å². The fourth-order valence-electron chi connectivity index (χ4n) is 2.41. The van der Waals surface area contributed by atoms with Crippen molar-refractivity contribution in [3.63, 3.8) is 0 Å². The highest BCUT2D eigenvalue weighted by Gasteiger charge is 2.09. The summed E-state index contributed by atoms with van der Waals surface area (Å²) in [5.74, 6) is 2.38. The van der Waals surface area contributed by atoms with Crippen LogP contribution in [0.3, 0.4) is 0 Å². The first-order chi connectivity index (χ1) is 8.43. The molecule has 0 radical (unpaired) electrons. The highest BCUT2D eigenvalue weighted by atomic mass is 32.2. The molecule has 1 aliphatic rings. The van der Waals surface area contributed by atoms with Crippen molar-refractivity contribution in [1.29, 1.82) is 0 Å². The zero-order chi connectivity index (χ0) is 11.5. The lowest BCUT2D eigenvalue weighted by atomic mass is 9.96. The third kappa shape index (κ3) is 2.39. The first-order valence-electron chi connectivity index (χ1n) is 6.15. The van der Waals surface area contributed by atoms with Gasteiger partial charge in [0.2, 0.25) is 0 Å². The lowest BCUT2D eigenvalue weighted by Crippen LogP contribution is -1.96. The predicted octanol–water partition coefficient (Wildman–Crippen LogP) is 4.07. The van der Waals surface area contributed by atoms with Crippen LogP contribution in [0.2, 0.25) is 0 Å². The maximum atomic E-state index is 2.28. The lowest BCUT2D eigenvalue weighted by Gasteiger charge is -2.09. The van der Waals surface area contributed by atoms with Crippen LogP contribution in [0.4, 0.5) is 0 Å². The van der Waals surface area contributed by atoms with Crippen LogP contribution in [0.1, 0.15) is 22.3 Å². The monoisotopic (exact) mass is 240 g/mol. The zero-order valence-corrected chi connectivity index (χ0v) is 10.7. The second-order valence-corrected chi connectivity index (χ2v) is 5.62. The van der Waals surface area contributed by atoms with E-state index in [-0.39, 0.29) is 0 Å². The van der Waals surface area contributed by atoms with Gasteiger partial charge in [-0.3, -0.25) is 0 Å². The Morgan fingerprint density at radius 1 is 0.706 bits per heavy atom. The van der Waals surface area contributed by atoms with E-state index in [1.807, 2.05) is 11.8 Å². The fraction of sp³-hybridized carbons (Fsp3) is 0.250. The number of hydrogen-bond acceptors (Lipinski definition) is 1. The van der Waals surface area contributed by atoms with Crippen LogP contribution in [0.5, 0.6) is 0 Å². The van der Waals surface area contributed by atoms with Crippen molar-refractivity contribution in [2.45, 2.75) is 18.6 Å². The van der Waals surface area contributed by atoms with E-state index in [0.717, 1.165) is 12.2 Å². The SMILES string of the molecule is c1ccc2c(c1)CCSCc1ccccc1C2. The Balaban J connectivity index is 2.04. The number of aryl methyl sites for hydroxylation is 1. The zero-order valence-electron chi connectivity index (χ0n) is 9.86. The van der Waals surface area contributed by atoms with E-state index in [0.29, 0.717) is 0 Å². The minimum Gasteiger partial charge on any atom is -0.157 e. The summed E-state index contributed by atoms with van der Waals surface area (Å²) >= 11 is 2.05. The van der Waals surface area contributed by atoms with Gasteiger partial charge in [-0.05, 0) is 40.8 Å². The van der Waals surface area contributed by atoms with Crippen molar-refractivity contribution in [3.05, 3.63) is 70.8 Å². The van der Waals surface area contributed by atoms with E-state index in [4.69, 9.17) is 0 Å². The summed E-state index contributed by atoms with van der Waals surface area (Å²) in [4.78, 5) is 0. The quantitative estimate of drug-likeness (QED) is 0.669. The summed E-state index contributed by atoms with van der Waals surface area (Å²) in [5.41, 5.74) is 6.03. The second-order valence-electron chi connectivity index (χ2n) is 4.52. The average molecular weight is 240 g/mol. The highest BCUT2D eigenvalue weighted by molar-refractivity contribution is 7.98. The summed E-state index contributed by atoms with van der Waals surface area (Å²) in [6.45, 7) is 0. The van der Waals surface area contributed by atoms with Crippen LogP contribution in [-0.2, 0) is 18.6 Å². The Kier molecular flexibility index (Phi) is 3.19. The van der Waals surface area contributed by atoms with Crippen molar-refractivity contribution in [2.75, 3.05) is 5.75 Å². The van der Waals surface area contributed by atoms with E-state index >= 15 is 0 Å². The van der Waals surface area contributed by atoms with Gasteiger partial charge in [0.25, 0.3) is 0 Å². The van der Waals surface area contributed by atoms with E-state index in [9.17, 15) is 0 Å². The molecule has 0 bridgehead atoms. The second kappa shape index (κ2) is 4.97. The highest BCUT2D eigenvalue weighted by Crippen LogP contribution is 2.25. The first kappa shape index (κ1) is 10.9. The molecule has 2 aromatic carbocycles. The molecule has 0 N–H and O–H groups in total. The minimum atomic E-state index is 1.09. The first-order valence-corrected chi connectivity index (χ1v) is 7.30. The molecule has 0 saturated carbocycles. The molecule has 0 nitrogen and oxygen atoms in total. The number of fused-ring (bicyclic) bond motifs is 2. The molecule has 0 amide bonds. The topological polar surface area (TPSA) is 0 Å². The van der Waals surface area contributed by atoms with E-state index in [2.05, 4.69) is 48.5 Å². The molecule has 0 unspecified atom stereocenters. The maximum Gasteiger partial charge on any atom is 0.0187 e.